The highest BCUT2D eigenvalue weighted by Crippen LogP contribution is 2.17. The number of rotatable bonds is 2. The van der Waals surface area contributed by atoms with Gasteiger partial charge in [-0.2, -0.15) is 0 Å². The number of nitrogens with zero attached hydrogens (tertiary/aromatic N) is 1. The quantitative estimate of drug-likeness (QED) is 0.854. The first kappa shape index (κ1) is 13.4. The fraction of sp³-hybridized carbons (Fsp3) is 0.600. The Balaban J connectivity index is 0.00000128. The summed E-state index contributed by atoms with van der Waals surface area (Å²) in [6, 6.07) is 0. The largest absolute Gasteiger partial charge is 0.316 e. The molecule has 1 aliphatic heterocycles. The lowest BCUT2D eigenvalue weighted by Gasteiger charge is -2.21. The lowest BCUT2D eigenvalue weighted by molar-refractivity contribution is -0.120. The number of carbonyl (C=O) groups is 1. The van der Waals surface area contributed by atoms with E-state index in [0.717, 1.165) is 31.6 Å². The molecule has 0 unspecified atom stereocenters. The van der Waals surface area contributed by atoms with Gasteiger partial charge in [-0.15, -0.1) is 23.7 Å². The zero-order valence-electron chi connectivity index (χ0n) is 9.16. The second kappa shape index (κ2) is 6.18. The number of piperidine rings is 1. The molecule has 1 aromatic heterocycles. The highest BCUT2D eigenvalue weighted by Gasteiger charge is 2.21. The molecule has 1 fully saturated rings. The van der Waals surface area contributed by atoms with E-state index in [0.29, 0.717) is 5.13 Å². The van der Waals surface area contributed by atoms with Crippen molar-refractivity contribution in [3.05, 3.63) is 11.1 Å². The van der Waals surface area contributed by atoms with Crippen LogP contribution in [0, 0.1) is 12.8 Å². The van der Waals surface area contributed by atoms with Crippen molar-refractivity contribution in [3.63, 3.8) is 0 Å². The molecular weight excluding hydrogens is 246 g/mol. The van der Waals surface area contributed by atoms with Crippen molar-refractivity contribution in [2.45, 2.75) is 19.8 Å². The number of thiazole rings is 1. The summed E-state index contributed by atoms with van der Waals surface area (Å²) in [6.07, 6.45) is 2.05. The average molecular weight is 262 g/mol. The monoisotopic (exact) mass is 261 g/mol. The Morgan fingerprint density at radius 3 is 3.06 bits per heavy atom. The summed E-state index contributed by atoms with van der Waals surface area (Å²) in [5.41, 5.74) is 0.956. The van der Waals surface area contributed by atoms with Crippen LogP contribution in [0.1, 0.15) is 18.5 Å². The molecule has 0 saturated carbocycles. The van der Waals surface area contributed by atoms with Crippen LogP contribution in [0.25, 0.3) is 0 Å². The Morgan fingerprint density at radius 1 is 1.69 bits per heavy atom. The highest BCUT2D eigenvalue weighted by atomic mass is 35.5. The third-order valence-corrected chi connectivity index (χ3v) is 3.39. The number of anilines is 1. The van der Waals surface area contributed by atoms with E-state index in [2.05, 4.69) is 15.6 Å². The Hall–Kier alpha value is -0.650. The Bertz CT molecular complexity index is 350. The molecule has 0 bridgehead atoms. The number of nitrogens with one attached hydrogen (secondary N) is 2. The molecule has 1 atom stereocenters. The molecule has 2 heterocycles. The molecule has 0 radical (unpaired) electrons. The number of hydrogen-bond donors (Lipinski definition) is 2. The van der Waals surface area contributed by atoms with Crippen LogP contribution in [0.15, 0.2) is 5.38 Å². The molecule has 1 saturated heterocycles. The second-order valence-corrected chi connectivity index (χ2v) is 4.68. The van der Waals surface area contributed by atoms with Gasteiger partial charge in [0.25, 0.3) is 0 Å². The highest BCUT2D eigenvalue weighted by molar-refractivity contribution is 7.13. The molecule has 16 heavy (non-hydrogen) atoms. The van der Waals surface area contributed by atoms with Crippen LogP contribution in [0.5, 0.6) is 0 Å². The van der Waals surface area contributed by atoms with Gasteiger partial charge in [0, 0.05) is 11.9 Å². The number of aryl methyl sites for hydroxylation is 1. The SMILES string of the molecule is Cc1csc(NC(=O)[C@@H]2CCCNC2)n1.Cl. The van der Waals surface area contributed by atoms with Crippen LogP contribution in [0.4, 0.5) is 5.13 Å². The maximum atomic E-state index is 11.8. The van der Waals surface area contributed by atoms with Crippen molar-refractivity contribution in [1.82, 2.24) is 10.3 Å². The number of halogens is 1. The summed E-state index contributed by atoms with van der Waals surface area (Å²) in [7, 11) is 0. The summed E-state index contributed by atoms with van der Waals surface area (Å²) < 4.78 is 0. The van der Waals surface area contributed by atoms with Gasteiger partial charge in [-0.1, -0.05) is 0 Å². The first-order valence-corrected chi connectivity index (χ1v) is 6.07. The number of hydrogen-bond acceptors (Lipinski definition) is 4. The fourth-order valence-electron chi connectivity index (χ4n) is 1.69. The fourth-order valence-corrected chi connectivity index (χ4v) is 2.39. The van der Waals surface area contributed by atoms with Crippen LogP contribution >= 0.6 is 23.7 Å². The smallest absolute Gasteiger partial charge is 0.230 e. The summed E-state index contributed by atoms with van der Waals surface area (Å²) in [5.74, 6) is 0.194. The van der Waals surface area contributed by atoms with Crippen LogP contribution in [-0.2, 0) is 4.79 Å². The normalized spacial score (nSPS) is 19.9. The van der Waals surface area contributed by atoms with Crippen molar-refractivity contribution in [2.75, 3.05) is 18.4 Å². The molecule has 2 rings (SSSR count). The van der Waals surface area contributed by atoms with Crippen molar-refractivity contribution in [3.8, 4) is 0 Å². The molecule has 0 aliphatic carbocycles. The molecule has 4 nitrogen and oxygen atoms in total. The van der Waals surface area contributed by atoms with Gasteiger partial charge in [-0.3, -0.25) is 4.79 Å². The van der Waals surface area contributed by atoms with Crippen LogP contribution in [0.3, 0.4) is 0 Å². The molecular formula is C10H16ClN3OS. The van der Waals surface area contributed by atoms with Crippen molar-refractivity contribution in [2.24, 2.45) is 5.92 Å². The molecule has 0 aromatic carbocycles. The Labute approximate surface area is 105 Å². The van der Waals surface area contributed by atoms with Gasteiger partial charge in [0.2, 0.25) is 5.91 Å². The van der Waals surface area contributed by atoms with E-state index in [1.807, 2.05) is 12.3 Å². The van der Waals surface area contributed by atoms with E-state index in [1.165, 1.54) is 11.3 Å². The molecule has 6 heteroatoms. The van der Waals surface area contributed by atoms with E-state index in [-0.39, 0.29) is 24.2 Å². The van der Waals surface area contributed by atoms with E-state index < -0.39 is 0 Å². The van der Waals surface area contributed by atoms with Crippen LogP contribution < -0.4 is 10.6 Å². The van der Waals surface area contributed by atoms with Gasteiger partial charge in [0.1, 0.15) is 0 Å². The molecule has 1 aliphatic rings. The predicted molar refractivity (Wildman–Crippen MR) is 68.3 cm³/mol. The zero-order chi connectivity index (χ0) is 10.7. The summed E-state index contributed by atoms with van der Waals surface area (Å²) in [6.45, 7) is 3.74. The second-order valence-electron chi connectivity index (χ2n) is 3.83. The lowest BCUT2D eigenvalue weighted by atomic mass is 9.99. The third-order valence-electron chi connectivity index (χ3n) is 2.52. The Morgan fingerprint density at radius 2 is 2.50 bits per heavy atom. The maximum Gasteiger partial charge on any atom is 0.230 e. The number of carbonyl (C=O) groups excluding carboxylic acids is 1. The van der Waals surface area contributed by atoms with E-state index in [4.69, 9.17) is 0 Å². The first-order chi connectivity index (χ1) is 7.25. The van der Waals surface area contributed by atoms with Crippen molar-refractivity contribution >= 4 is 34.8 Å². The standard InChI is InChI=1S/C10H15N3OS.ClH/c1-7-6-15-10(12-7)13-9(14)8-3-2-4-11-5-8;/h6,8,11H,2-5H2,1H3,(H,12,13,14);1H/t8-;/m1./s1. The minimum absolute atomic E-state index is 0. The van der Waals surface area contributed by atoms with E-state index >= 15 is 0 Å². The summed E-state index contributed by atoms with van der Waals surface area (Å²) in [5, 5.41) is 8.74. The van der Waals surface area contributed by atoms with Gasteiger partial charge in [-0.05, 0) is 26.3 Å². The summed E-state index contributed by atoms with van der Waals surface area (Å²) >= 11 is 1.48. The van der Waals surface area contributed by atoms with Crippen LogP contribution in [0.2, 0.25) is 0 Å². The molecule has 2 N–H and O–H groups in total. The topological polar surface area (TPSA) is 54.0 Å². The first-order valence-electron chi connectivity index (χ1n) is 5.19. The molecule has 1 aromatic rings. The minimum atomic E-state index is 0. The Kier molecular flexibility index (Phi) is 5.18. The van der Waals surface area contributed by atoms with Crippen molar-refractivity contribution < 1.29 is 4.79 Å². The van der Waals surface area contributed by atoms with E-state index in [1.54, 1.807) is 0 Å². The summed E-state index contributed by atoms with van der Waals surface area (Å²) in [4.78, 5) is 16.0. The van der Waals surface area contributed by atoms with Gasteiger partial charge >= 0.3 is 0 Å². The number of amides is 1. The average Bonchev–Trinajstić information content (AvgIpc) is 2.65. The maximum absolute atomic E-state index is 11.8. The van der Waals surface area contributed by atoms with Gasteiger partial charge in [0.05, 0.1) is 11.6 Å². The molecule has 1 amide bonds. The molecule has 0 spiro atoms. The minimum Gasteiger partial charge on any atom is -0.316 e. The lowest BCUT2D eigenvalue weighted by Crippen LogP contribution is -2.37. The van der Waals surface area contributed by atoms with Gasteiger partial charge in [-0.25, -0.2) is 4.98 Å². The predicted octanol–water partition coefficient (Wildman–Crippen LogP) is 1.81. The number of aromatic nitrogens is 1. The van der Waals surface area contributed by atoms with Crippen molar-refractivity contribution in [1.29, 1.82) is 0 Å². The third kappa shape index (κ3) is 3.43. The van der Waals surface area contributed by atoms with Gasteiger partial charge < -0.3 is 10.6 Å². The van der Waals surface area contributed by atoms with E-state index in [9.17, 15) is 4.79 Å². The zero-order valence-corrected chi connectivity index (χ0v) is 10.8. The van der Waals surface area contributed by atoms with Gasteiger partial charge in [0.15, 0.2) is 5.13 Å². The van der Waals surface area contributed by atoms with Crippen LogP contribution in [-0.4, -0.2) is 24.0 Å². The molecule has 90 valence electrons.